The summed E-state index contributed by atoms with van der Waals surface area (Å²) >= 11 is 3.66. The lowest BCUT2D eigenvalue weighted by atomic mass is 10.1. The van der Waals surface area contributed by atoms with E-state index in [0.29, 0.717) is 0 Å². The number of hydrogen-bond acceptors (Lipinski definition) is 2. The van der Waals surface area contributed by atoms with Gasteiger partial charge < -0.3 is 10.2 Å². The van der Waals surface area contributed by atoms with Crippen LogP contribution in [0.2, 0.25) is 0 Å². The molecule has 2 aliphatic rings. The summed E-state index contributed by atoms with van der Waals surface area (Å²) in [4.78, 5) is 2.66. The van der Waals surface area contributed by atoms with Crippen LogP contribution in [0.4, 0.5) is 5.69 Å². The zero-order valence-corrected chi connectivity index (χ0v) is 14.8. The maximum atomic E-state index is 3.67. The van der Waals surface area contributed by atoms with Crippen molar-refractivity contribution in [2.24, 2.45) is 5.92 Å². The molecule has 0 radical (unpaired) electrons. The first kappa shape index (κ1) is 15.4. The first-order valence-electron chi connectivity index (χ1n) is 8.42. The van der Waals surface area contributed by atoms with E-state index in [1.807, 2.05) is 0 Å². The van der Waals surface area contributed by atoms with Crippen LogP contribution in [0.15, 0.2) is 22.7 Å². The van der Waals surface area contributed by atoms with Crippen LogP contribution in [0.1, 0.15) is 51.5 Å². The molecular weight excluding hydrogens is 324 g/mol. The third kappa shape index (κ3) is 4.46. The Bertz CT molecular complexity index is 478. The van der Waals surface area contributed by atoms with Crippen molar-refractivity contribution in [3.63, 3.8) is 0 Å². The molecule has 2 nitrogen and oxygen atoms in total. The average Bonchev–Trinajstić information content (AvgIpc) is 3.31. The topological polar surface area (TPSA) is 15.3 Å². The van der Waals surface area contributed by atoms with Gasteiger partial charge in [-0.3, -0.25) is 0 Å². The SMILES string of the molecule is CC(C)CCN(c1cc(Br)ccc1CNC1CC1)C1CC1. The molecule has 3 rings (SSSR count). The Balaban J connectivity index is 1.76. The molecule has 21 heavy (non-hydrogen) atoms. The molecule has 1 aromatic carbocycles. The lowest BCUT2D eigenvalue weighted by Gasteiger charge is -2.28. The van der Waals surface area contributed by atoms with Gasteiger partial charge in [0.25, 0.3) is 0 Å². The highest BCUT2D eigenvalue weighted by atomic mass is 79.9. The van der Waals surface area contributed by atoms with Crippen molar-refractivity contribution < 1.29 is 0 Å². The summed E-state index contributed by atoms with van der Waals surface area (Å²) in [5.74, 6) is 0.770. The minimum Gasteiger partial charge on any atom is -0.368 e. The summed E-state index contributed by atoms with van der Waals surface area (Å²) < 4.78 is 1.20. The lowest BCUT2D eigenvalue weighted by molar-refractivity contribution is 0.569. The summed E-state index contributed by atoms with van der Waals surface area (Å²) in [5.41, 5.74) is 2.90. The van der Waals surface area contributed by atoms with Crippen molar-refractivity contribution in [2.45, 2.75) is 64.6 Å². The highest BCUT2D eigenvalue weighted by molar-refractivity contribution is 9.10. The zero-order valence-electron chi connectivity index (χ0n) is 13.2. The maximum Gasteiger partial charge on any atom is 0.0425 e. The first-order valence-corrected chi connectivity index (χ1v) is 9.21. The average molecular weight is 351 g/mol. The quantitative estimate of drug-likeness (QED) is 0.729. The molecule has 0 aromatic heterocycles. The van der Waals surface area contributed by atoms with Crippen LogP contribution in [0, 0.1) is 5.92 Å². The Labute approximate surface area is 137 Å². The predicted molar refractivity (Wildman–Crippen MR) is 93.8 cm³/mol. The molecule has 0 bridgehead atoms. The molecule has 0 aliphatic heterocycles. The smallest absolute Gasteiger partial charge is 0.0425 e. The van der Waals surface area contributed by atoms with E-state index in [1.165, 1.54) is 54.4 Å². The van der Waals surface area contributed by atoms with E-state index in [0.717, 1.165) is 24.5 Å². The molecule has 2 saturated carbocycles. The summed E-state index contributed by atoms with van der Waals surface area (Å²) in [7, 11) is 0. The fourth-order valence-corrected chi connectivity index (χ4v) is 3.13. The number of nitrogens with zero attached hydrogens (tertiary/aromatic N) is 1. The van der Waals surface area contributed by atoms with Crippen molar-refractivity contribution in [1.29, 1.82) is 0 Å². The second kappa shape index (κ2) is 6.70. The van der Waals surface area contributed by atoms with Crippen molar-refractivity contribution in [3.05, 3.63) is 28.2 Å². The zero-order chi connectivity index (χ0) is 14.8. The minimum absolute atomic E-state index is 0.770. The summed E-state index contributed by atoms with van der Waals surface area (Å²) in [6, 6.07) is 8.34. The minimum atomic E-state index is 0.770. The molecule has 0 amide bonds. The fraction of sp³-hybridized carbons (Fsp3) is 0.667. The van der Waals surface area contributed by atoms with E-state index in [1.54, 1.807) is 0 Å². The third-order valence-electron chi connectivity index (χ3n) is 4.45. The van der Waals surface area contributed by atoms with Gasteiger partial charge in [0.15, 0.2) is 0 Å². The first-order chi connectivity index (χ1) is 10.1. The highest BCUT2D eigenvalue weighted by Gasteiger charge is 2.30. The van der Waals surface area contributed by atoms with Gasteiger partial charge in [-0.25, -0.2) is 0 Å². The highest BCUT2D eigenvalue weighted by Crippen LogP contribution is 2.36. The largest absolute Gasteiger partial charge is 0.368 e. The number of anilines is 1. The number of benzene rings is 1. The van der Waals surface area contributed by atoms with Gasteiger partial charge in [-0.2, -0.15) is 0 Å². The van der Waals surface area contributed by atoms with Crippen LogP contribution in [0.5, 0.6) is 0 Å². The summed E-state index contributed by atoms with van der Waals surface area (Å²) in [6.07, 6.45) is 6.70. The van der Waals surface area contributed by atoms with Gasteiger partial charge in [-0.1, -0.05) is 35.8 Å². The molecule has 0 heterocycles. The van der Waals surface area contributed by atoms with Gasteiger partial charge >= 0.3 is 0 Å². The molecule has 3 heteroatoms. The standard InChI is InChI=1S/C18H27BrN2/c1-13(2)9-10-21(17-7-8-17)18-11-15(19)4-3-14(18)12-20-16-5-6-16/h3-4,11,13,16-17,20H,5-10,12H2,1-2H3. The van der Waals surface area contributed by atoms with Gasteiger partial charge in [0, 0.05) is 35.3 Å². The van der Waals surface area contributed by atoms with Gasteiger partial charge in [0.2, 0.25) is 0 Å². The van der Waals surface area contributed by atoms with Crippen molar-refractivity contribution in [3.8, 4) is 0 Å². The molecule has 116 valence electrons. The monoisotopic (exact) mass is 350 g/mol. The molecule has 0 unspecified atom stereocenters. The number of hydrogen-bond donors (Lipinski definition) is 1. The number of nitrogens with one attached hydrogen (secondary N) is 1. The van der Waals surface area contributed by atoms with E-state index in [2.05, 4.69) is 58.2 Å². The molecular formula is C18H27BrN2. The van der Waals surface area contributed by atoms with Gasteiger partial charge in [-0.15, -0.1) is 0 Å². The lowest BCUT2D eigenvalue weighted by Crippen LogP contribution is -2.29. The molecule has 1 aromatic rings. The normalized spacial score (nSPS) is 18.3. The Morgan fingerprint density at radius 2 is 2.00 bits per heavy atom. The fourth-order valence-electron chi connectivity index (χ4n) is 2.78. The van der Waals surface area contributed by atoms with Crippen molar-refractivity contribution >= 4 is 21.6 Å². The number of halogens is 1. The molecule has 0 atom stereocenters. The van der Waals surface area contributed by atoms with Crippen molar-refractivity contribution in [2.75, 3.05) is 11.4 Å². The molecule has 0 spiro atoms. The maximum absolute atomic E-state index is 3.67. The van der Waals surface area contributed by atoms with Gasteiger partial charge in [-0.05, 0) is 55.7 Å². The van der Waals surface area contributed by atoms with E-state index in [9.17, 15) is 0 Å². The van der Waals surface area contributed by atoms with Crippen LogP contribution in [-0.4, -0.2) is 18.6 Å². The van der Waals surface area contributed by atoms with Crippen molar-refractivity contribution in [1.82, 2.24) is 5.32 Å². The van der Waals surface area contributed by atoms with Crippen LogP contribution in [0.25, 0.3) is 0 Å². The molecule has 2 aliphatic carbocycles. The van der Waals surface area contributed by atoms with E-state index in [-0.39, 0.29) is 0 Å². The summed E-state index contributed by atoms with van der Waals surface area (Å²) in [6.45, 7) is 6.84. The Kier molecular flexibility index (Phi) is 4.90. The van der Waals surface area contributed by atoms with Crippen LogP contribution >= 0.6 is 15.9 Å². The Morgan fingerprint density at radius 1 is 1.24 bits per heavy atom. The Morgan fingerprint density at radius 3 is 2.62 bits per heavy atom. The van der Waals surface area contributed by atoms with E-state index < -0.39 is 0 Å². The second-order valence-corrected chi connectivity index (χ2v) is 7.95. The third-order valence-corrected chi connectivity index (χ3v) is 4.94. The molecule has 1 N–H and O–H groups in total. The number of rotatable bonds is 8. The molecule has 0 saturated heterocycles. The van der Waals surface area contributed by atoms with Crippen LogP contribution < -0.4 is 10.2 Å². The predicted octanol–water partition coefficient (Wildman–Crippen LogP) is 4.72. The van der Waals surface area contributed by atoms with Crippen LogP contribution in [-0.2, 0) is 6.54 Å². The second-order valence-electron chi connectivity index (χ2n) is 7.04. The van der Waals surface area contributed by atoms with E-state index >= 15 is 0 Å². The van der Waals surface area contributed by atoms with Crippen LogP contribution in [0.3, 0.4) is 0 Å². The van der Waals surface area contributed by atoms with E-state index in [4.69, 9.17) is 0 Å². The van der Waals surface area contributed by atoms with Gasteiger partial charge in [0.05, 0.1) is 0 Å². The summed E-state index contributed by atoms with van der Waals surface area (Å²) in [5, 5.41) is 3.67. The van der Waals surface area contributed by atoms with Gasteiger partial charge in [0.1, 0.15) is 0 Å². The Hall–Kier alpha value is -0.540. The molecule has 2 fully saturated rings.